The molecule has 0 radical (unpaired) electrons. The third-order valence-electron chi connectivity index (χ3n) is 6.85. The summed E-state index contributed by atoms with van der Waals surface area (Å²) in [5.41, 5.74) is 1.09. The van der Waals surface area contributed by atoms with Crippen molar-refractivity contribution in [2.24, 2.45) is 0 Å². The zero-order valence-electron chi connectivity index (χ0n) is 19.5. The largest absolute Gasteiger partial charge is 0.465 e. The van der Waals surface area contributed by atoms with E-state index in [2.05, 4.69) is 37.6 Å². The fourth-order valence-corrected chi connectivity index (χ4v) is 5.52. The molecule has 2 aliphatic rings. The van der Waals surface area contributed by atoms with Crippen molar-refractivity contribution in [1.29, 1.82) is 0 Å². The van der Waals surface area contributed by atoms with Gasteiger partial charge in [-0.2, -0.15) is 0 Å². The van der Waals surface area contributed by atoms with E-state index >= 15 is 0 Å². The summed E-state index contributed by atoms with van der Waals surface area (Å²) in [6.07, 6.45) is 4.50. The number of benzene rings is 1. The van der Waals surface area contributed by atoms with Crippen LogP contribution in [-0.4, -0.2) is 78.6 Å². The van der Waals surface area contributed by atoms with Crippen molar-refractivity contribution in [3.63, 3.8) is 0 Å². The van der Waals surface area contributed by atoms with Crippen LogP contribution < -0.4 is 4.90 Å². The first-order valence-corrected chi connectivity index (χ1v) is 12.9. The number of anilines is 1. The van der Waals surface area contributed by atoms with Crippen LogP contribution in [0.3, 0.4) is 0 Å². The standard InChI is InChI=1S/C25H30BrClN4O3/c1-3-20-16-30(23-22(27)14-18(15-28-23)25(33)34-2)12-13-31(20)21-8-10-29(11-9-21)24(32)17-4-6-19(26)7-5-17/h4-7,14-15,20-21H,3,8-13,16H2,1-2H3/t20-/m0/s1. The van der Waals surface area contributed by atoms with Crippen LogP contribution in [0.4, 0.5) is 5.82 Å². The molecule has 3 heterocycles. The lowest BCUT2D eigenvalue weighted by atomic mass is 9.97. The maximum absolute atomic E-state index is 12.9. The maximum atomic E-state index is 12.9. The summed E-state index contributed by atoms with van der Waals surface area (Å²) in [6.45, 7) is 6.33. The summed E-state index contributed by atoms with van der Waals surface area (Å²) in [5, 5.41) is 0.464. The molecule has 1 atom stereocenters. The van der Waals surface area contributed by atoms with E-state index in [1.165, 1.54) is 13.3 Å². The molecule has 0 bridgehead atoms. The minimum absolute atomic E-state index is 0.110. The van der Waals surface area contributed by atoms with E-state index < -0.39 is 5.97 Å². The second-order valence-corrected chi connectivity index (χ2v) is 10.1. The van der Waals surface area contributed by atoms with Crippen LogP contribution in [0.2, 0.25) is 5.02 Å². The molecule has 0 saturated carbocycles. The van der Waals surface area contributed by atoms with E-state index in [4.69, 9.17) is 16.3 Å². The number of piperidine rings is 1. The average molecular weight is 550 g/mol. The average Bonchev–Trinajstić information content (AvgIpc) is 2.88. The SMILES string of the molecule is CC[C@H]1CN(c2ncc(C(=O)OC)cc2Cl)CCN1C1CCN(C(=O)c2ccc(Br)cc2)CC1. The number of carbonyl (C=O) groups excluding carboxylic acids is 2. The highest BCUT2D eigenvalue weighted by atomic mass is 79.9. The van der Waals surface area contributed by atoms with Gasteiger partial charge in [-0.1, -0.05) is 34.5 Å². The monoisotopic (exact) mass is 548 g/mol. The maximum Gasteiger partial charge on any atom is 0.339 e. The van der Waals surface area contributed by atoms with E-state index in [0.29, 0.717) is 28.5 Å². The fraction of sp³-hybridized carbons (Fsp3) is 0.480. The van der Waals surface area contributed by atoms with Crippen molar-refractivity contribution in [1.82, 2.24) is 14.8 Å². The molecule has 0 N–H and O–H groups in total. The minimum Gasteiger partial charge on any atom is -0.465 e. The Balaban J connectivity index is 1.36. The minimum atomic E-state index is -0.442. The van der Waals surface area contributed by atoms with Crippen LogP contribution in [0.25, 0.3) is 0 Å². The number of methoxy groups -OCH3 is 1. The molecule has 182 valence electrons. The predicted molar refractivity (Wildman–Crippen MR) is 137 cm³/mol. The van der Waals surface area contributed by atoms with Crippen LogP contribution in [-0.2, 0) is 4.74 Å². The van der Waals surface area contributed by atoms with Crippen molar-refractivity contribution < 1.29 is 14.3 Å². The molecule has 1 amide bonds. The molecule has 34 heavy (non-hydrogen) atoms. The highest BCUT2D eigenvalue weighted by molar-refractivity contribution is 9.10. The number of carbonyl (C=O) groups is 2. The number of esters is 1. The molecule has 9 heteroatoms. The first kappa shape index (κ1) is 24.9. The van der Waals surface area contributed by atoms with Crippen LogP contribution in [0.1, 0.15) is 46.9 Å². The molecule has 2 fully saturated rings. The number of ether oxygens (including phenoxy) is 1. The Morgan fingerprint density at radius 2 is 1.82 bits per heavy atom. The van der Waals surface area contributed by atoms with Crippen LogP contribution in [0.5, 0.6) is 0 Å². The number of rotatable bonds is 5. The Kier molecular flexibility index (Phi) is 8.11. The van der Waals surface area contributed by atoms with Gasteiger partial charge < -0.3 is 14.5 Å². The molecule has 0 aliphatic carbocycles. The van der Waals surface area contributed by atoms with Gasteiger partial charge in [0, 0.05) is 61.0 Å². The second kappa shape index (κ2) is 11.1. The fourth-order valence-electron chi connectivity index (χ4n) is 4.97. The summed E-state index contributed by atoms with van der Waals surface area (Å²) in [7, 11) is 1.34. The Morgan fingerprint density at radius 3 is 2.44 bits per heavy atom. The molecular formula is C25H30BrClN4O3. The van der Waals surface area contributed by atoms with Crippen molar-refractivity contribution in [3.8, 4) is 0 Å². The van der Waals surface area contributed by atoms with Gasteiger partial charge in [-0.15, -0.1) is 0 Å². The lowest BCUT2D eigenvalue weighted by molar-refractivity contribution is 0.0490. The number of likely N-dealkylation sites (tertiary alicyclic amines) is 1. The number of halogens is 2. The topological polar surface area (TPSA) is 66.0 Å². The third kappa shape index (κ3) is 5.39. The number of hydrogen-bond acceptors (Lipinski definition) is 6. The first-order chi connectivity index (χ1) is 16.4. The third-order valence-corrected chi connectivity index (χ3v) is 7.66. The Morgan fingerprint density at radius 1 is 1.12 bits per heavy atom. The van der Waals surface area contributed by atoms with E-state index in [-0.39, 0.29) is 5.91 Å². The van der Waals surface area contributed by atoms with Gasteiger partial charge in [-0.25, -0.2) is 9.78 Å². The Hall–Kier alpha value is -2.16. The number of amides is 1. The highest BCUT2D eigenvalue weighted by Gasteiger charge is 2.35. The number of pyridine rings is 1. The van der Waals surface area contributed by atoms with Crippen LogP contribution in [0.15, 0.2) is 41.0 Å². The van der Waals surface area contributed by atoms with E-state index in [1.54, 1.807) is 6.07 Å². The Bertz CT molecular complexity index is 1030. The molecule has 2 saturated heterocycles. The summed E-state index contributed by atoms with van der Waals surface area (Å²) < 4.78 is 5.74. The molecule has 2 aliphatic heterocycles. The smallest absolute Gasteiger partial charge is 0.339 e. The first-order valence-electron chi connectivity index (χ1n) is 11.7. The molecule has 0 unspecified atom stereocenters. The summed E-state index contributed by atoms with van der Waals surface area (Å²) in [5.74, 6) is 0.378. The summed E-state index contributed by atoms with van der Waals surface area (Å²) >= 11 is 9.90. The van der Waals surface area contributed by atoms with E-state index in [1.807, 2.05) is 29.2 Å². The number of aromatic nitrogens is 1. The zero-order valence-corrected chi connectivity index (χ0v) is 21.9. The molecule has 2 aromatic rings. The van der Waals surface area contributed by atoms with Gasteiger partial charge in [0.25, 0.3) is 5.91 Å². The normalized spacial score (nSPS) is 19.8. The van der Waals surface area contributed by atoms with Gasteiger partial charge in [-0.05, 0) is 49.6 Å². The van der Waals surface area contributed by atoms with Crippen molar-refractivity contribution in [3.05, 3.63) is 57.2 Å². The van der Waals surface area contributed by atoms with Crippen LogP contribution in [0, 0.1) is 0 Å². The summed E-state index contributed by atoms with van der Waals surface area (Å²) in [6, 6.07) is 10.0. The second-order valence-electron chi connectivity index (χ2n) is 8.80. The van der Waals surface area contributed by atoms with Gasteiger partial charge >= 0.3 is 5.97 Å². The molecule has 4 rings (SSSR count). The number of hydrogen-bond donors (Lipinski definition) is 0. The number of piperazine rings is 1. The van der Waals surface area contributed by atoms with Gasteiger partial charge in [0.2, 0.25) is 0 Å². The zero-order chi connectivity index (χ0) is 24.2. The van der Waals surface area contributed by atoms with Gasteiger partial charge in [0.05, 0.1) is 17.7 Å². The van der Waals surface area contributed by atoms with Gasteiger partial charge in [-0.3, -0.25) is 9.69 Å². The molecule has 0 spiro atoms. The molecule has 7 nitrogen and oxygen atoms in total. The van der Waals surface area contributed by atoms with E-state index in [0.717, 1.165) is 62.0 Å². The van der Waals surface area contributed by atoms with Crippen molar-refractivity contribution in [2.45, 2.75) is 38.3 Å². The van der Waals surface area contributed by atoms with Crippen molar-refractivity contribution >= 4 is 45.2 Å². The van der Waals surface area contributed by atoms with Gasteiger partial charge in [0.15, 0.2) is 0 Å². The molecular weight excluding hydrogens is 520 g/mol. The lowest BCUT2D eigenvalue weighted by Gasteiger charge is -2.47. The van der Waals surface area contributed by atoms with E-state index in [9.17, 15) is 9.59 Å². The summed E-state index contributed by atoms with van der Waals surface area (Å²) in [4.78, 5) is 35.9. The van der Waals surface area contributed by atoms with Gasteiger partial charge in [0.1, 0.15) is 5.82 Å². The number of nitrogens with zero attached hydrogens (tertiary/aromatic N) is 4. The predicted octanol–water partition coefficient (Wildman–Crippen LogP) is 4.49. The highest BCUT2D eigenvalue weighted by Crippen LogP contribution is 2.30. The molecule has 1 aromatic carbocycles. The molecule has 1 aromatic heterocycles. The Labute approximate surface area is 214 Å². The quantitative estimate of drug-likeness (QED) is 0.512. The van der Waals surface area contributed by atoms with Crippen molar-refractivity contribution in [2.75, 3.05) is 44.7 Å². The van der Waals surface area contributed by atoms with Crippen LogP contribution >= 0.6 is 27.5 Å². The lowest BCUT2D eigenvalue weighted by Crippen LogP contribution is -2.58.